The molecule has 26 heavy (non-hydrogen) atoms. The quantitative estimate of drug-likeness (QED) is 0.660. The first-order chi connectivity index (χ1) is 12.5. The van der Waals surface area contributed by atoms with E-state index in [4.69, 9.17) is 19.5 Å². The number of rotatable bonds is 8. The van der Waals surface area contributed by atoms with Crippen molar-refractivity contribution >= 4 is 5.97 Å². The van der Waals surface area contributed by atoms with Crippen molar-refractivity contribution in [2.45, 2.75) is 27.4 Å². The van der Waals surface area contributed by atoms with Crippen molar-refractivity contribution < 1.29 is 19.0 Å². The molecule has 0 saturated heterocycles. The second-order valence-corrected chi connectivity index (χ2v) is 6.14. The summed E-state index contributed by atoms with van der Waals surface area (Å²) in [6, 6.07) is 14.1. The fraction of sp³-hybridized carbons (Fsp3) is 0.333. The predicted molar refractivity (Wildman–Crippen MR) is 98.2 cm³/mol. The molecule has 0 unspecified atom stereocenters. The second-order valence-electron chi connectivity index (χ2n) is 6.14. The van der Waals surface area contributed by atoms with Gasteiger partial charge in [-0.05, 0) is 37.1 Å². The van der Waals surface area contributed by atoms with Crippen LogP contribution in [0.15, 0.2) is 42.5 Å². The lowest BCUT2D eigenvalue weighted by atomic mass is 10.1. The van der Waals surface area contributed by atoms with Crippen LogP contribution in [0.25, 0.3) is 0 Å². The SMILES string of the molecule is CCOc1cc(C(=O)OCc2ccccc2C#N)ccc1OCC(C)C. The molecule has 0 aliphatic heterocycles. The van der Waals surface area contributed by atoms with Crippen LogP contribution in [0.2, 0.25) is 0 Å². The van der Waals surface area contributed by atoms with E-state index in [0.29, 0.717) is 47.3 Å². The van der Waals surface area contributed by atoms with Crippen LogP contribution in [-0.4, -0.2) is 19.2 Å². The van der Waals surface area contributed by atoms with Gasteiger partial charge in [0.25, 0.3) is 0 Å². The molecule has 5 heteroatoms. The highest BCUT2D eigenvalue weighted by Crippen LogP contribution is 2.29. The maximum atomic E-state index is 12.4. The van der Waals surface area contributed by atoms with E-state index in [9.17, 15) is 4.79 Å². The molecule has 0 radical (unpaired) electrons. The number of carbonyl (C=O) groups excluding carboxylic acids is 1. The molecular formula is C21H23NO4. The first-order valence-electron chi connectivity index (χ1n) is 8.60. The Kier molecular flexibility index (Phi) is 7.04. The van der Waals surface area contributed by atoms with Crippen LogP contribution in [-0.2, 0) is 11.3 Å². The third-order valence-electron chi connectivity index (χ3n) is 3.55. The molecule has 0 bridgehead atoms. The van der Waals surface area contributed by atoms with Gasteiger partial charge < -0.3 is 14.2 Å². The topological polar surface area (TPSA) is 68.5 Å². The molecule has 0 spiro atoms. The number of carbonyl (C=O) groups is 1. The van der Waals surface area contributed by atoms with Gasteiger partial charge in [0, 0.05) is 5.56 Å². The lowest BCUT2D eigenvalue weighted by Crippen LogP contribution is -2.09. The summed E-state index contributed by atoms with van der Waals surface area (Å²) in [5.41, 5.74) is 1.54. The van der Waals surface area contributed by atoms with E-state index in [1.165, 1.54) is 0 Å². The number of hydrogen-bond donors (Lipinski definition) is 0. The number of hydrogen-bond acceptors (Lipinski definition) is 5. The Labute approximate surface area is 154 Å². The third-order valence-corrected chi connectivity index (χ3v) is 3.55. The predicted octanol–water partition coefficient (Wildman–Crippen LogP) is 4.35. The maximum absolute atomic E-state index is 12.4. The lowest BCUT2D eigenvalue weighted by Gasteiger charge is -2.14. The van der Waals surface area contributed by atoms with E-state index in [0.717, 1.165) is 0 Å². The minimum Gasteiger partial charge on any atom is -0.490 e. The summed E-state index contributed by atoms with van der Waals surface area (Å²) in [4.78, 5) is 12.4. The van der Waals surface area contributed by atoms with Gasteiger partial charge in [0.1, 0.15) is 6.61 Å². The van der Waals surface area contributed by atoms with E-state index in [1.807, 2.05) is 6.92 Å². The monoisotopic (exact) mass is 353 g/mol. The number of benzene rings is 2. The number of nitriles is 1. The average molecular weight is 353 g/mol. The second kappa shape index (κ2) is 9.47. The molecule has 0 heterocycles. The van der Waals surface area contributed by atoms with Crippen molar-refractivity contribution in [2.75, 3.05) is 13.2 Å². The van der Waals surface area contributed by atoms with Crippen molar-refractivity contribution in [1.29, 1.82) is 5.26 Å². The Balaban J connectivity index is 2.10. The minimum absolute atomic E-state index is 0.0398. The summed E-state index contributed by atoms with van der Waals surface area (Å²) < 4.78 is 16.7. The Morgan fingerprint density at radius 1 is 1.12 bits per heavy atom. The Hall–Kier alpha value is -3.00. The number of ether oxygens (including phenoxy) is 3. The van der Waals surface area contributed by atoms with Gasteiger partial charge in [-0.3, -0.25) is 0 Å². The first kappa shape index (κ1) is 19.3. The molecule has 2 aromatic carbocycles. The van der Waals surface area contributed by atoms with Crippen molar-refractivity contribution in [1.82, 2.24) is 0 Å². The molecule has 0 N–H and O–H groups in total. The van der Waals surface area contributed by atoms with Crippen LogP contribution in [0.3, 0.4) is 0 Å². The van der Waals surface area contributed by atoms with Crippen molar-refractivity contribution in [3.05, 3.63) is 59.2 Å². The van der Waals surface area contributed by atoms with Gasteiger partial charge in [0.05, 0.1) is 30.4 Å². The molecule has 0 aliphatic rings. The highest BCUT2D eigenvalue weighted by Gasteiger charge is 2.14. The lowest BCUT2D eigenvalue weighted by molar-refractivity contribution is 0.0472. The summed E-state index contributed by atoms with van der Waals surface area (Å²) >= 11 is 0. The first-order valence-corrected chi connectivity index (χ1v) is 8.60. The molecule has 0 amide bonds. The highest BCUT2D eigenvalue weighted by molar-refractivity contribution is 5.90. The van der Waals surface area contributed by atoms with E-state index in [2.05, 4.69) is 19.9 Å². The van der Waals surface area contributed by atoms with E-state index >= 15 is 0 Å². The van der Waals surface area contributed by atoms with Crippen molar-refractivity contribution in [3.63, 3.8) is 0 Å². The fourth-order valence-corrected chi connectivity index (χ4v) is 2.26. The summed E-state index contributed by atoms with van der Waals surface area (Å²) in [5, 5.41) is 9.10. The van der Waals surface area contributed by atoms with Crippen LogP contribution in [0.1, 0.15) is 42.3 Å². The molecule has 2 aromatic rings. The molecule has 0 saturated carbocycles. The Bertz CT molecular complexity index is 793. The number of esters is 1. The summed E-state index contributed by atoms with van der Waals surface area (Å²) in [5.74, 6) is 1.02. The molecule has 136 valence electrons. The van der Waals surface area contributed by atoms with Crippen LogP contribution in [0.4, 0.5) is 0 Å². The fourth-order valence-electron chi connectivity index (χ4n) is 2.26. The third kappa shape index (κ3) is 5.25. The molecule has 0 fully saturated rings. The summed E-state index contributed by atoms with van der Waals surface area (Å²) in [6.07, 6.45) is 0. The van der Waals surface area contributed by atoms with Crippen LogP contribution in [0.5, 0.6) is 11.5 Å². The maximum Gasteiger partial charge on any atom is 0.338 e. The van der Waals surface area contributed by atoms with Gasteiger partial charge in [-0.1, -0.05) is 32.0 Å². The summed E-state index contributed by atoms with van der Waals surface area (Å²) in [7, 11) is 0. The van der Waals surface area contributed by atoms with E-state index in [1.54, 1.807) is 42.5 Å². The standard InChI is InChI=1S/C21H23NO4/c1-4-24-20-11-16(9-10-19(20)25-13-15(2)3)21(23)26-14-18-8-6-5-7-17(18)12-22/h5-11,15H,4,13-14H2,1-3H3. The zero-order chi connectivity index (χ0) is 18.9. The Morgan fingerprint density at radius 3 is 2.58 bits per heavy atom. The Morgan fingerprint density at radius 2 is 1.88 bits per heavy atom. The minimum atomic E-state index is -0.478. The van der Waals surface area contributed by atoms with Gasteiger partial charge in [0.15, 0.2) is 11.5 Å². The molecule has 0 atom stereocenters. The number of nitrogens with zero attached hydrogens (tertiary/aromatic N) is 1. The molecule has 5 nitrogen and oxygen atoms in total. The normalized spacial score (nSPS) is 10.3. The van der Waals surface area contributed by atoms with Gasteiger partial charge in [0.2, 0.25) is 0 Å². The zero-order valence-electron chi connectivity index (χ0n) is 15.3. The van der Waals surface area contributed by atoms with Gasteiger partial charge in [-0.15, -0.1) is 0 Å². The van der Waals surface area contributed by atoms with Crippen molar-refractivity contribution in [2.24, 2.45) is 5.92 Å². The molecule has 0 aromatic heterocycles. The van der Waals surface area contributed by atoms with Crippen LogP contribution < -0.4 is 9.47 Å². The molecular weight excluding hydrogens is 330 g/mol. The highest BCUT2D eigenvalue weighted by atomic mass is 16.5. The van der Waals surface area contributed by atoms with E-state index < -0.39 is 5.97 Å². The van der Waals surface area contributed by atoms with E-state index in [-0.39, 0.29) is 6.61 Å². The largest absolute Gasteiger partial charge is 0.490 e. The molecule has 0 aliphatic carbocycles. The van der Waals surface area contributed by atoms with Crippen LogP contribution in [0, 0.1) is 17.2 Å². The summed E-state index contributed by atoms with van der Waals surface area (Å²) in [6.45, 7) is 7.06. The molecule has 2 rings (SSSR count). The van der Waals surface area contributed by atoms with Crippen LogP contribution >= 0.6 is 0 Å². The van der Waals surface area contributed by atoms with Crippen molar-refractivity contribution in [3.8, 4) is 17.6 Å². The van der Waals surface area contributed by atoms with Gasteiger partial charge in [-0.2, -0.15) is 5.26 Å². The average Bonchev–Trinajstić information content (AvgIpc) is 2.65. The van der Waals surface area contributed by atoms with Gasteiger partial charge >= 0.3 is 5.97 Å². The van der Waals surface area contributed by atoms with Gasteiger partial charge in [-0.25, -0.2) is 4.79 Å². The smallest absolute Gasteiger partial charge is 0.338 e. The zero-order valence-corrected chi connectivity index (χ0v) is 15.3.